The molecule has 0 unspecified atom stereocenters. The molecule has 16 heavy (non-hydrogen) atoms. The summed E-state index contributed by atoms with van der Waals surface area (Å²) in [5.41, 5.74) is 7.20. The molecule has 0 aliphatic heterocycles. The molecule has 1 aromatic carbocycles. The second-order valence-corrected chi connectivity index (χ2v) is 5.12. The van der Waals surface area contributed by atoms with Gasteiger partial charge in [-0.3, -0.25) is 0 Å². The number of phenolic OH excluding ortho intramolecular Hbond substituents is 1. The SMILES string of the molecule is COc1cc([C@H](N)C2CCC2)cc(Br)c1O. The maximum Gasteiger partial charge on any atom is 0.172 e. The van der Waals surface area contributed by atoms with Crippen molar-refractivity contribution in [2.45, 2.75) is 25.3 Å². The third kappa shape index (κ3) is 2.04. The molecule has 88 valence electrons. The highest BCUT2D eigenvalue weighted by Crippen LogP contribution is 2.41. The predicted octanol–water partition coefficient (Wildman–Crippen LogP) is 2.96. The van der Waals surface area contributed by atoms with Gasteiger partial charge in [-0.2, -0.15) is 0 Å². The highest BCUT2D eigenvalue weighted by Gasteiger charge is 2.26. The van der Waals surface area contributed by atoms with Crippen molar-refractivity contribution in [3.05, 3.63) is 22.2 Å². The van der Waals surface area contributed by atoms with Gasteiger partial charge in [0.15, 0.2) is 11.5 Å². The average Bonchev–Trinajstić information content (AvgIpc) is 2.19. The Balaban J connectivity index is 2.29. The van der Waals surface area contributed by atoms with Crippen LogP contribution in [0.2, 0.25) is 0 Å². The monoisotopic (exact) mass is 285 g/mol. The lowest BCUT2D eigenvalue weighted by atomic mass is 9.77. The maximum absolute atomic E-state index is 9.70. The fraction of sp³-hybridized carbons (Fsp3) is 0.500. The summed E-state index contributed by atoms with van der Waals surface area (Å²) in [7, 11) is 1.54. The zero-order valence-electron chi connectivity index (χ0n) is 9.24. The molecule has 0 spiro atoms. The molecule has 0 bridgehead atoms. The number of hydrogen-bond acceptors (Lipinski definition) is 3. The maximum atomic E-state index is 9.70. The van der Waals surface area contributed by atoms with Gasteiger partial charge in [0.05, 0.1) is 11.6 Å². The Hall–Kier alpha value is -0.740. The lowest BCUT2D eigenvalue weighted by molar-refractivity contribution is 0.263. The van der Waals surface area contributed by atoms with Crippen LogP contribution in [0.5, 0.6) is 11.5 Å². The first-order chi connectivity index (χ1) is 7.63. The van der Waals surface area contributed by atoms with E-state index in [4.69, 9.17) is 10.5 Å². The number of benzene rings is 1. The zero-order valence-corrected chi connectivity index (χ0v) is 10.8. The highest BCUT2D eigenvalue weighted by molar-refractivity contribution is 9.10. The van der Waals surface area contributed by atoms with Gasteiger partial charge in [0, 0.05) is 6.04 Å². The fourth-order valence-corrected chi connectivity index (χ4v) is 2.47. The number of methoxy groups -OCH3 is 1. The van der Waals surface area contributed by atoms with Gasteiger partial charge in [-0.25, -0.2) is 0 Å². The summed E-state index contributed by atoms with van der Waals surface area (Å²) in [6.07, 6.45) is 3.67. The van der Waals surface area contributed by atoms with E-state index in [0.717, 1.165) is 5.56 Å². The zero-order chi connectivity index (χ0) is 11.7. The van der Waals surface area contributed by atoms with E-state index in [-0.39, 0.29) is 11.8 Å². The summed E-state index contributed by atoms with van der Waals surface area (Å²) >= 11 is 3.31. The van der Waals surface area contributed by atoms with E-state index < -0.39 is 0 Å². The molecule has 4 heteroatoms. The Morgan fingerprint density at radius 2 is 2.19 bits per heavy atom. The molecule has 0 radical (unpaired) electrons. The molecule has 3 nitrogen and oxygen atoms in total. The van der Waals surface area contributed by atoms with Gasteiger partial charge in [-0.15, -0.1) is 0 Å². The number of nitrogens with two attached hydrogens (primary N) is 1. The summed E-state index contributed by atoms with van der Waals surface area (Å²) in [6, 6.07) is 3.74. The van der Waals surface area contributed by atoms with E-state index in [1.165, 1.54) is 19.3 Å². The van der Waals surface area contributed by atoms with Crippen LogP contribution in [-0.2, 0) is 0 Å². The van der Waals surface area contributed by atoms with Crippen molar-refractivity contribution < 1.29 is 9.84 Å². The molecule has 1 aromatic rings. The predicted molar refractivity (Wildman–Crippen MR) is 66.6 cm³/mol. The minimum Gasteiger partial charge on any atom is -0.503 e. The van der Waals surface area contributed by atoms with Crippen molar-refractivity contribution in [2.24, 2.45) is 11.7 Å². The van der Waals surface area contributed by atoms with Crippen molar-refractivity contribution >= 4 is 15.9 Å². The second kappa shape index (κ2) is 4.63. The van der Waals surface area contributed by atoms with Gasteiger partial charge < -0.3 is 15.6 Å². The van der Waals surface area contributed by atoms with Crippen LogP contribution in [-0.4, -0.2) is 12.2 Å². The minimum atomic E-state index is 0.0413. The van der Waals surface area contributed by atoms with E-state index >= 15 is 0 Å². The van der Waals surface area contributed by atoms with Gasteiger partial charge in [-0.05, 0) is 52.4 Å². The first kappa shape index (κ1) is 11.7. The molecule has 0 heterocycles. The van der Waals surface area contributed by atoms with Crippen molar-refractivity contribution in [3.8, 4) is 11.5 Å². The van der Waals surface area contributed by atoms with Crippen LogP contribution in [0, 0.1) is 5.92 Å². The fourth-order valence-electron chi connectivity index (χ4n) is 2.01. The molecule has 1 atom stereocenters. The molecule has 0 aromatic heterocycles. The van der Waals surface area contributed by atoms with Crippen LogP contribution in [0.3, 0.4) is 0 Å². The van der Waals surface area contributed by atoms with Crippen LogP contribution >= 0.6 is 15.9 Å². The van der Waals surface area contributed by atoms with Gasteiger partial charge in [0.1, 0.15) is 0 Å². The van der Waals surface area contributed by atoms with Crippen molar-refractivity contribution in [1.82, 2.24) is 0 Å². The van der Waals surface area contributed by atoms with E-state index in [9.17, 15) is 5.11 Å². The lowest BCUT2D eigenvalue weighted by Gasteiger charge is -2.31. The molecule has 0 saturated heterocycles. The summed E-state index contributed by atoms with van der Waals surface area (Å²) in [5, 5.41) is 9.70. The largest absolute Gasteiger partial charge is 0.503 e. The number of hydrogen-bond donors (Lipinski definition) is 2. The molecule has 1 aliphatic rings. The van der Waals surface area contributed by atoms with E-state index in [0.29, 0.717) is 16.1 Å². The third-order valence-corrected chi connectivity index (χ3v) is 3.92. The van der Waals surface area contributed by atoms with Crippen molar-refractivity contribution in [3.63, 3.8) is 0 Å². The van der Waals surface area contributed by atoms with Crippen LogP contribution in [0.25, 0.3) is 0 Å². The standard InChI is InChI=1S/C12H16BrNO2/c1-16-10-6-8(5-9(13)12(10)15)11(14)7-3-2-4-7/h5-7,11,15H,2-4,14H2,1H3/t11-/m1/s1. The number of phenols is 1. The van der Waals surface area contributed by atoms with Crippen LogP contribution in [0.1, 0.15) is 30.9 Å². The number of aromatic hydroxyl groups is 1. The van der Waals surface area contributed by atoms with Crippen molar-refractivity contribution in [2.75, 3.05) is 7.11 Å². The normalized spacial score (nSPS) is 17.9. The molecule has 1 aliphatic carbocycles. The molecule has 1 fully saturated rings. The van der Waals surface area contributed by atoms with Gasteiger partial charge in [-0.1, -0.05) is 6.42 Å². The summed E-state index contributed by atoms with van der Waals surface area (Å²) < 4.78 is 5.75. The Bertz CT molecular complexity index is 391. The Labute approximate surface area is 104 Å². The third-order valence-electron chi connectivity index (χ3n) is 3.31. The minimum absolute atomic E-state index is 0.0413. The summed E-state index contributed by atoms with van der Waals surface area (Å²) in [6.45, 7) is 0. The van der Waals surface area contributed by atoms with Crippen molar-refractivity contribution in [1.29, 1.82) is 0 Å². The van der Waals surface area contributed by atoms with Crippen LogP contribution in [0.15, 0.2) is 16.6 Å². The molecule has 2 rings (SSSR count). The highest BCUT2D eigenvalue weighted by atomic mass is 79.9. The van der Waals surface area contributed by atoms with Crippen LogP contribution in [0.4, 0.5) is 0 Å². The second-order valence-electron chi connectivity index (χ2n) is 4.27. The number of halogens is 1. The Kier molecular flexibility index (Phi) is 3.40. The van der Waals surface area contributed by atoms with E-state index in [1.54, 1.807) is 7.11 Å². The van der Waals surface area contributed by atoms with Gasteiger partial charge in [0.25, 0.3) is 0 Å². The molecular formula is C12H16BrNO2. The van der Waals surface area contributed by atoms with Gasteiger partial charge >= 0.3 is 0 Å². The summed E-state index contributed by atoms with van der Waals surface area (Å²) in [5.74, 6) is 1.17. The molecule has 1 saturated carbocycles. The Morgan fingerprint density at radius 1 is 1.50 bits per heavy atom. The van der Waals surface area contributed by atoms with E-state index in [1.807, 2.05) is 12.1 Å². The lowest BCUT2D eigenvalue weighted by Crippen LogP contribution is -2.26. The van der Waals surface area contributed by atoms with E-state index in [2.05, 4.69) is 15.9 Å². The summed E-state index contributed by atoms with van der Waals surface area (Å²) in [4.78, 5) is 0. The van der Waals surface area contributed by atoms with Gasteiger partial charge in [0.2, 0.25) is 0 Å². The first-order valence-corrected chi connectivity index (χ1v) is 6.24. The number of ether oxygens (including phenoxy) is 1. The average molecular weight is 286 g/mol. The molecule has 3 N–H and O–H groups in total. The molecule has 0 amide bonds. The number of rotatable bonds is 3. The topological polar surface area (TPSA) is 55.5 Å². The quantitative estimate of drug-likeness (QED) is 0.898. The Morgan fingerprint density at radius 3 is 2.69 bits per heavy atom. The van der Waals surface area contributed by atoms with Crippen LogP contribution < -0.4 is 10.5 Å². The first-order valence-electron chi connectivity index (χ1n) is 5.45. The smallest absolute Gasteiger partial charge is 0.172 e. The molecular weight excluding hydrogens is 270 g/mol.